The van der Waals surface area contributed by atoms with Gasteiger partial charge in [0.25, 0.3) is 5.91 Å². The van der Waals surface area contributed by atoms with Crippen LogP contribution >= 0.6 is 0 Å². The highest BCUT2D eigenvalue weighted by Crippen LogP contribution is 2.35. The molecule has 8 nitrogen and oxygen atoms in total. The van der Waals surface area contributed by atoms with Gasteiger partial charge >= 0.3 is 0 Å². The molecule has 0 spiro atoms. The quantitative estimate of drug-likeness (QED) is 0.348. The van der Waals surface area contributed by atoms with Gasteiger partial charge in [-0.1, -0.05) is 30.8 Å². The van der Waals surface area contributed by atoms with Gasteiger partial charge in [-0.15, -0.1) is 0 Å². The summed E-state index contributed by atoms with van der Waals surface area (Å²) in [4.78, 5) is 36.5. The minimum absolute atomic E-state index is 0.250. The molecule has 4 rings (SSSR count). The summed E-state index contributed by atoms with van der Waals surface area (Å²) in [6.45, 7) is 5.91. The predicted molar refractivity (Wildman–Crippen MR) is 132 cm³/mol. The van der Waals surface area contributed by atoms with Crippen LogP contribution in [-0.2, 0) is 11.2 Å². The number of aromatic nitrogens is 3. The highest BCUT2D eigenvalue weighted by Gasteiger charge is 2.13. The van der Waals surface area contributed by atoms with Crippen LogP contribution in [0.15, 0.2) is 67.5 Å². The van der Waals surface area contributed by atoms with Crippen molar-refractivity contribution in [2.24, 2.45) is 0 Å². The van der Waals surface area contributed by atoms with E-state index in [0.29, 0.717) is 35.8 Å². The molecule has 34 heavy (non-hydrogen) atoms. The Morgan fingerprint density at radius 3 is 2.74 bits per heavy atom. The lowest BCUT2D eigenvalue weighted by Gasteiger charge is -2.14. The van der Waals surface area contributed by atoms with Crippen LogP contribution < -0.4 is 15.4 Å². The molecule has 2 aromatic carbocycles. The fourth-order valence-electron chi connectivity index (χ4n) is 3.69. The maximum absolute atomic E-state index is 12.7. The van der Waals surface area contributed by atoms with Gasteiger partial charge in [-0.05, 0) is 42.7 Å². The van der Waals surface area contributed by atoms with Crippen molar-refractivity contribution in [3.63, 3.8) is 0 Å². The number of aromatic amines is 1. The highest BCUT2D eigenvalue weighted by molar-refractivity contribution is 6.08. The van der Waals surface area contributed by atoms with E-state index in [1.807, 2.05) is 37.3 Å². The first-order valence-electron chi connectivity index (χ1n) is 10.8. The summed E-state index contributed by atoms with van der Waals surface area (Å²) in [7, 11) is 1.55. The van der Waals surface area contributed by atoms with Crippen LogP contribution in [0.25, 0.3) is 22.0 Å². The van der Waals surface area contributed by atoms with Gasteiger partial charge in [0.05, 0.1) is 30.5 Å². The number of carbonyl (C=O) groups excluding carboxylic acids is 2. The van der Waals surface area contributed by atoms with Crippen molar-refractivity contribution in [2.75, 3.05) is 19.0 Å². The first-order valence-corrected chi connectivity index (χ1v) is 10.8. The van der Waals surface area contributed by atoms with Crippen LogP contribution in [0, 0.1) is 6.92 Å². The zero-order chi connectivity index (χ0) is 24.1. The summed E-state index contributed by atoms with van der Waals surface area (Å²) in [6.07, 6.45) is 3.51. The Hall–Kier alpha value is -4.46. The normalized spacial score (nSPS) is 10.6. The van der Waals surface area contributed by atoms with Gasteiger partial charge in [0.1, 0.15) is 11.4 Å². The molecule has 0 aliphatic rings. The van der Waals surface area contributed by atoms with Gasteiger partial charge in [-0.25, -0.2) is 9.97 Å². The Kier molecular flexibility index (Phi) is 6.68. The first-order chi connectivity index (χ1) is 16.5. The van der Waals surface area contributed by atoms with Gasteiger partial charge in [0, 0.05) is 29.6 Å². The fraction of sp³-hybridized carbons (Fsp3) is 0.154. The SMILES string of the molecule is C=CC(=O)Nc1c(OC)ccc2ccc(-c3cccc(C(=O)NCCc4[nH]cnc4C)n3)cc12. The van der Waals surface area contributed by atoms with Crippen LogP contribution in [0.4, 0.5) is 5.69 Å². The molecular formula is C26H25N5O3. The molecule has 0 radical (unpaired) electrons. The molecule has 4 aromatic rings. The number of rotatable bonds is 8. The van der Waals surface area contributed by atoms with E-state index in [9.17, 15) is 9.59 Å². The van der Waals surface area contributed by atoms with Crippen LogP contribution in [0.1, 0.15) is 21.9 Å². The Balaban J connectivity index is 1.60. The minimum Gasteiger partial charge on any atom is -0.495 e. The maximum Gasteiger partial charge on any atom is 0.269 e. The average molecular weight is 456 g/mol. The third-order valence-electron chi connectivity index (χ3n) is 5.51. The van der Waals surface area contributed by atoms with Crippen molar-refractivity contribution in [3.8, 4) is 17.0 Å². The Morgan fingerprint density at radius 1 is 1.18 bits per heavy atom. The number of methoxy groups -OCH3 is 1. The summed E-state index contributed by atoms with van der Waals surface area (Å²) in [5.41, 5.74) is 4.23. The fourth-order valence-corrected chi connectivity index (χ4v) is 3.69. The number of H-pyrrole nitrogens is 1. The van der Waals surface area contributed by atoms with Crippen molar-refractivity contribution < 1.29 is 14.3 Å². The zero-order valence-electron chi connectivity index (χ0n) is 19.0. The molecule has 0 aliphatic heterocycles. The van der Waals surface area contributed by atoms with E-state index in [2.05, 4.69) is 32.2 Å². The number of hydrogen-bond acceptors (Lipinski definition) is 5. The van der Waals surface area contributed by atoms with E-state index >= 15 is 0 Å². The van der Waals surface area contributed by atoms with Crippen LogP contribution in [0.2, 0.25) is 0 Å². The molecule has 172 valence electrons. The summed E-state index contributed by atoms with van der Waals surface area (Å²) < 4.78 is 5.44. The van der Waals surface area contributed by atoms with E-state index in [1.165, 1.54) is 6.08 Å². The monoisotopic (exact) mass is 455 g/mol. The largest absolute Gasteiger partial charge is 0.495 e. The second-order valence-electron chi connectivity index (χ2n) is 7.65. The molecule has 8 heteroatoms. The molecule has 0 saturated carbocycles. The second-order valence-corrected chi connectivity index (χ2v) is 7.65. The summed E-state index contributed by atoms with van der Waals surface area (Å²) >= 11 is 0. The second kappa shape index (κ2) is 9.99. The number of benzene rings is 2. The van der Waals surface area contributed by atoms with Crippen LogP contribution in [0.3, 0.4) is 0 Å². The first kappa shape index (κ1) is 22.7. The zero-order valence-corrected chi connectivity index (χ0v) is 19.0. The van der Waals surface area contributed by atoms with Crippen LogP contribution in [0.5, 0.6) is 5.75 Å². The minimum atomic E-state index is -0.335. The molecule has 2 aromatic heterocycles. The van der Waals surface area contributed by atoms with Crippen molar-refractivity contribution in [2.45, 2.75) is 13.3 Å². The van der Waals surface area contributed by atoms with E-state index in [4.69, 9.17) is 4.74 Å². The van der Waals surface area contributed by atoms with Crippen LogP contribution in [-0.4, -0.2) is 40.4 Å². The van der Waals surface area contributed by atoms with E-state index in [0.717, 1.165) is 27.7 Å². The number of fused-ring (bicyclic) bond motifs is 1. The number of carbonyl (C=O) groups is 2. The molecular weight excluding hydrogens is 430 g/mol. The van der Waals surface area contributed by atoms with E-state index in [-0.39, 0.29) is 11.8 Å². The van der Waals surface area contributed by atoms with Crippen molar-refractivity contribution >= 4 is 28.3 Å². The number of nitrogens with zero attached hydrogens (tertiary/aromatic N) is 2. The number of ether oxygens (including phenoxy) is 1. The Morgan fingerprint density at radius 2 is 2.00 bits per heavy atom. The van der Waals surface area contributed by atoms with Gasteiger partial charge in [0.2, 0.25) is 5.91 Å². The topological polar surface area (TPSA) is 109 Å². The average Bonchev–Trinajstić information content (AvgIpc) is 3.28. The lowest BCUT2D eigenvalue weighted by atomic mass is 10.0. The predicted octanol–water partition coefficient (Wildman–Crippen LogP) is 4.04. The van der Waals surface area contributed by atoms with Gasteiger partial charge < -0.3 is 20.4 Å². The van der Waals surface area contributed by atoms with Crippen molar-refractivity contribution in [1.29, 1.82) is 0 Å². The number of anilines is 1. The number of imidazole rings is 1. The summed E-state index contributed by atoms with van der Waals surface area (Å²) in [5, 5.41) is 7.44. The molecule has 0 fully saturated rings. The standard InChI is InChI=1S/C26H25N5O3/c1-4-24(32)31-25-19-14-18(9-8-17(19)10-11-23(25)34-3)21-6-5-7-22(30-21)26(33)27-13-12-20-16(2)28-15-29-20/h4-11,14-15H,1,12-13H2,2-3H3,(H,27,33)(H,28,29)(H,31,32). The van der Waals surface area contributed by atoms with E-state index in [1.54, 1.807) is 31.6 Å². The molecule has 0 bridgehead atoms. The molecule has 0 aliphatic carbocycles. The van der Waals surface area contributed by atoms with E-state index < -0.39 is 0 Å². The number of hydrogen-bond donors (Lipinski definition) is 3. The molecule has 0 unspecified atom stereocenters. The molecule has 2 amide bonds. The number of aryl methyl sites for hydroxylation is 1. The molecule has 2 heterocycles. The third kappa shape index (κ3) is 4.80. The summed E-state index contributed by atoms with van der Waals surface area (Å²) in [5.74, 6) is -0.0489. The smallest absolute Gasteiger partial charge is 0.269 e. The molecule has 0 atom stereocenters. The Bertz CT molecular complexity index is 1380. The Labute approximate surface area is 197 Å². The highest BCUT2D eigenvalue weighted by atomic mass is 16.5. The molecule has 3 N–H and O–H groups in total. The lowest BCUT2D eigenvalue weighted by Crippen LogP contribution is -2.26. The number of nitrogens with one attached hydrogen (secondary N) is 3. The lowest BCUT2D eigenvalue weighted by molar-refractivity contribution is -0.111. The van der Waals surface area contributed by atoms with Gasteiger partial charge in [-0.3, -0.25) is 9.59 Å². The summed E-state index contributed by atoms with van der Waals surface area (Å²) in [6, 6.07) is 14.8. The van der Waals surface area contributed by atoms with Crippen molar-refractivity contribution in [1.82, 2.24) is 20.3 Å². The third-order valence-corrected chi connectivity index (χ3v) is 5.51. The van der Waals surface area contributed by atoms with Gasteiger partial charge in [-0.2, -0.15) is 0 Å². The number of pyridine rings is 1. The van der Waals surface area contributed by atoms with Crippen molar-refractivity contribution in [3.05, 3.63) is 84.6 Å². The molecule has 0 saturated heterocycles. The maximum atomic E-state index is 12.7. The number of amides is 2. The van der Waals surface area contributed by atoms with Gasteiger partial charge in [0.15, 0.2) is 0 Å².